The first-order chi connectivity index (χ1) is 12.2. The smallest absolute Gasteiger partial charge is 0.232 e. The molecule has 1 amide bonds. The molecule has 2 saturated heterocycles. The summed E-state index contributed by atoms with van der Waals surface area (Å²) in [6, 6.07) is 2.35. The normalized spacial score (nSPS) is 24.9. The summed E-state index contributed by atoms with van der Waals surface area (Å²) in [5.41, 5.74) is 1.10. The SMILES string of the molecule is Cc1noc(C2CC(=O)N(C3CN(Cc4cc(C5CC5)no4)C3)C2)n1. The zero-order valence-electron chi connectivity index (χ0n) is 14.2. The number of aromatic nitrogens is 3. The van der Waals surface area contributed by atoms with E-state index in [0.29, 0.717) is 30.6 Å². The van der Waals surface area contributed by atoms with E-state index in [1.54, 1.807) is 6.92 Å². The predicted octanol–water partition coefficient (Wildman–Crippen LogP) is 1.44. The number of aryl methyl sites for hydroxylation is 1. The van der Waals surface area contributed by atoms with Crippen LogP contribution in [0.3, 0.4) is 0 Å². The molecule has 0 bridgehead atoms. The molecule has 1 saturated carbocycles. The lowest BCUT2D eigenvalue weighted by Crippen LogP contribution is -2.59. The molecule has 1 unspecified atom stereocenters. The minimum atomic E-state index is 0.0260. The minimum absolute atomic E-state index is 0.0260. The van der Waals surface area contributed by atoms with Crippen LogP contribution in [0.4, 0.5) is 0 Å². The Morgan fingerprint density at radius 2 is 2.00 bits per heavy atom. The van der Waals surface area contributed by atoms with Crippen LogP contribution in [0.15, 0.2) is 15.1 Å². The minimum Gasteiger partial charge on any atom is -0.360 e. The Kier molecular flexibility index (Phi) is 3.41. The lowest BCUT2D eigenvalue weighted by molar-refractivity contribution is -0.133. The van der Waals surface area contributed by atoms with Crippen molar-refractivity contribution in [1.29, 1.82) is 0 Å². The van der Waals surface area contributed by atoms with Gasteiger partial charge in [-0.1, -0.05) is 10.3 Å². The van der Waals surface area contributed by atoms with Crippen LogP contribution in [0, 0.1) is 6.92 Å². The molecule has 8 nitrogen and oxygen atoms in total. The number of carbonyl (C=O) groups is 1. The average Bonchev–Trinajstić information content (AvgIpc) is 2.96. The van der Waals surface area contributed by atoms with Gasteiger partial charge in [-0.15, -0.1) is 0 Å². The molecule has 2 aliphatic heterocycles. The van der Waals surface area contributed by atoms with Crippen molar-refractivity contribution in [3.8, 4) is 0 Å². The molecule has 2 aromatic rings. The maximum Gasteiger partial charge on any atom is 0.232 e. The maximum atomic E-state index is 12.3. The Hall–Kier alpha value is -2.22. The summed E-state index contributed by atoms with van der Waals surface area (Å²) in [7, 11) is 0. The molecule has 0 radical (unpaired) electrons. The van der Waals surface area contributed by atoms with E-state index in [2.05, 4.69) is 26.3 Å². The highest BCUT2D eigenvalue weighted by atomic mass is 16.5. The van der Waals surface area contributed by atoms with Gasteiger partial charge in [0, 0.05) is 38.0 Å². The van der Waals surface area contributed by atoms with Crippen LogP contribution in [0.25, 0.3) is 0 Å². The van der Waals surface area contributed by atoms with Crippen molar-refractivity contribution in [2.45, 2.75) is 50.6 Å². The Morgan fingerprint density at radius 1 is 1.16 bits per heavy atom. The van der Waals surface area contributed by atoms with Gasteiger partial charge in [-0.25, -0.2) is 0 Å². The number of hydrogen-bond donors (Lipinski definition) is 0. The fourth-order valence-electron chi connectivity index (χ4n) is 3.79. The molecule has 132 valence electrons. The van der Waals surface area contributed by atoms with E-state index in [1.807, 2.05) is 4.90 Å². The van der Waals surface area contributed by atoms with Gasteiger partial charge in [0.25, 0.3) is 0 Å². The lowest BCUT2D eigenvalue weighted by atomic mass is 10.1. The summed E-state index contributed by atoms with van der Waals surface area (Å²) in [6.45, 7) is 4.99. The Labute approximate surface area is 145 Å². The Balaban J connectivity index is 1.15. The largest absolute Gasteiger partial charge is 0.360 e. The lowest BCUT2D eigenvalue weighted by Gasteiger charge is -2.43. The number of rotatable bonds is 5. The van der Waals surface area contributed by atoms with Gasteiger partial charge in [0.05, 0.1) is 24.2 Å². The average molecular weight is 343 g/mol. The van der Waals surface area contributed by atoms with Crippen LogP contribution in [-0.2, 0) is 11.3 Å². The van der Waals surface area contributed by atoms with Crippen molar-refractivity contribution in [1.82, 2.24) is 25.1 Å². The van der Waals surface area contributed by atoms with Crippen molar-refractivity contribution in [2.24, 2.45) is 0 Å². The number of carbonyl (C=O) groups excluding carboxylic acids is 1. The van der Waals surface area contributed by atoms with Crippen LogP contribution in [-0.4, -0.2) is 56.7 Å². The maximum absolute atomic E-state index is 12.3. The summed E-state index contributed by atoms with van der Waals surface area (Å²) in [4.78, 5) is 20.9. The van der Waals surface area contributed by atoms with Crippen LogP contribution in [0.5, 0.6) is 0 Å². The number of nitrogens with zero attached hydrogens (tertiary/aromatic N) is 5. The second-order valence-electron chi connectivity index (χ2n) is 7.47. The third-order valence-corrected chi connectivity index (χ3v) is 5.38. The molecule has 1 aliphatic carbocycles. The second-order valence-corrected chi connectivity index (χ2v) is 7.47. The third kappa shape index (κ3) is 2.84. The van der Waals surface area contributed by atoms with Gasteiger partial charge in [-0.2, -0.15) is 4.98 Å². The zero-order chi connectivity index (χ0) is 17.0. The van der Waals surface area contributed by atoms with E-state index in [-0.39, 0.29) is 17.9 Å². The zero-order valence-corrected chi connectivity index (χ0v) is 14.2. The Morgan fingerprint density at radius 3 is 2.72 bits per heavy atom. The molecule has 0 N–H and O–H groups in total. The van der Waals surface area contributed by atoms with Gasteiger partial charge in [-0.3, -0.25) is 9.69 Å². The summed E-state index contributed by atoms with van der Waals surface area (Å²) >= 11 is 0. The summed E-state index contributed by atoms with van der Waals surface area (Å²) in [5.74, 6) is 2.95. The predicted molar refractivity (Wildman–Crippen MR) is 85.6 cm³/mol. The molecule has 2 aromatic heterocycles. The second kappa shape index (κ2) is 5.66. The summed E-state index contributed by atoms with van der Waals surface area (Å²) < 4.78 is 10.7. The number of likely N-dealkylation sites (tertiary alicyclic amines) is 2. The van der Waals surface area contributed by atoms with Crippen LogP contribution >= 0.6 is 0 Å². The van der Waals surface area contributed by atoms with Crippen molar-refractivity contribution >= 4 is 5.91 Å². The van der Waals surface area contributed by atoms with E-state index in [1.165, 1.54) is 12.8 Å². The molecular formula is C17H21N5O3. The fraction of sp³-hybridized carbons (Fsp3) is 0.647. The van der Waals surface area contributed by atoms with Crippen molar-refractivity contribution in [3.63, 3.8) is 0 Å². The number of hydrogen-bond acceptors (Lipinski definition) is 7. The summed E-state index contributed by atoms with van der Waals surface area (Å²) in [6.07, 6.45) is 2.93. The standard InChI is InChI=1S/C17H21N5O3/c1-10-18-17(25-19-10)12-4-16(23)22(6-12)13-7-21(8-13)9-14-5-15(20-24-14)11-2-3-11/h5,11-13H,2-4,6-9H2,1H3. The highest BCUT2D eigenvalue weighted by Crippen LogP contribution is 2.39. The van der Waals surface area contributed by atoms with E-state index >= 15 is 0 Å². The number of amides is 1. The van der Waals surface area contributed by atoms with Crippen LogP contribution < -0.4 is 0 Å². The van der Waals surface area contributed by atoms with E-state index < -0.39 is 0 Å². The molecule has 0 spiro atoms. The van der Waals surface area contributed by atoms with Crippen LogP contribution in [0.1, 0.15) is 54.3 Å². The molecule has 8 heteroatoms. The van der Waals surface area contributed by atoms with E-state index in [0.717, 1.165) is 31.1 Å². The fourth-order valence-corrected chi connectivity index (χ4v) is 3.79. The first-order valence-electron chi connectivity index (χ1n) is 8.93. The molecular weight excluding hydrogens is 322 g/mol. The first kappa shape index (κ1) is 15.1. The van der Waals surface area contributed by atoms with Gasteiger partial charge in [0.1, 0.15) is 0 Å². The summed E-state index contributed by atoms with van der Waals surface area (Å²) in [5, 5.41) is 7.98. The first-order valence-corrected chi connectivity index (χ1v) is 8.93. The van der Waals surface area contributed by atoms with Gasteiger partial charge >= 0.3 is 0 Å². The molecule has 4 heterocycles. The third-order valence-electron chi connectivity index (χ3n) is 5.38. The van der Waals surface area contributed by atoms with Crippen LogP contribution in [0.2, 0.25) is 0 Å². The van der Waals surface area contributed by atoms with Gasteiger partial charge < -0.3 is 13.9 Å². The van der Waals surface area contributed by atoms with Gasteiger partial charge in [0.15, 0.2) is 11.6 Å². The topological polar surface area (TPSA) is 88.5 Å². The molecule has 3 aliphatic rings. The highest BCUT2D eigenvalue weighted by molar-refractivity contribution is 5.80. The van der Waals surface area contributed by atoms with Crippen molar-refractivity contribution in [3.05, 3.63) is 29.2 Å². The van der Waals surface area contributed by atoms with E-state index in [4.69, 9.17) is 9.05 Å². The quantitative estimate of drug-likeness (QED) is 0.811. The molecule has 3 fully saturated rings. The van der Waals surface area contributed by atoms with Crippen molar-refractivity contribution in [2.75, 3.05) is 19.6 Å². The molecule has 5 rings (SSSR count). The highest BCUT2D eigenvalue weighted by Gasteiger charge is 2.42. The molecule has 0 aromatic carbocycles. The Bertz CT molecular complexity index is 790. The van der Waals surface area contributed by atoms with Crippen molar-refractivity contribution < 1.29 is 13.8 Å². The molecule has 25 heavy (non-hydrogen) atoms. The molecule has 1 atom stereocenters. The van der Waals surface area contributed by atoms with Gasteiger partial charge in [0.2, 0.25) is 11.8 Å². The monoisotopic (exact) mass is 343 g/mol. The van der Waals surface area contributed by atoms with Gasteiger partial charge in [-0.05, 0) is 19.8 Å². The van der Waals surface area contributed by atoms with E-state index in [9.17, 15) is 4.79 Å².